The van der Waals surface area contributed by atoms with Crippen molar-refractivity contribution in [1.82, 2.24) is 19.8 Å². The maximum atomic E-state index is 12.6. The third-order valence-electron chi connectivity index (χ3n) is 7.33. The van der Waals surface area contributed by atoms with E-state index in [1.54, 1.807) is 4.90 Å². The predicted molar refractivity (Wildman–Crippen MR) is 155 cm³/mol. The Balaban J connectivity index is 1.48. The number of nitrogens with zero attached hydrogens (tertiary/aromatic N) is 6. The van der Waals surface area contributed by atoms with Gasteiger partial charge in [0.2, 0.25) is 5.95 Å². The summed E-state index contributed by atoms with van der Waals surface area (Å²) in [5.41, 5.74) is 0.256. The number of fused-ring (bicyclic) bond motifs is 1. The average molecular weight is 610 g/mol. The van der Waals surface area contributed by atoms with Crippen molar-refractivity contribution in [3.05, 3.63) is 15.6 Å². The van der Waals surface area contributed by atoms with Gasteiger partial charge in [0, 0.05) is 50.7 Å². The lowest BCUT2D eigenvalue weighted by Crippen LogP contribution is -2.50. The van der Waals surface area contributed by atoms with Crippen LogP contribution in [0.3, 0.4) is 0 Å². The molecule has 3 aliphatic rings. The fraction of sp³-hybridized carbons (Fsp3) is 0.667. The molecule has 2 aromatic rings. The minimum Gasteiger partial charge on any atom is -0.487 e. The molecule has 0 N–H and O–H groups in total. The van der Waals surface area contributed by atoms with Gasteiger partial charge < -0.3 is 29.1 Å². The molecule has 1 amide bonds. The maximum absolute atomic E-state index is 12.6. The number of halogens is 2. The first-order valence-corrected chi connectivity index (χ1v) is 14.7. The number of amides is 1. The van der Waals surface area contributed by atoms with Crippen molar-refractivity contribution < 1.29 is 14.3 Å². The van der Waals surface area contributed by atoms with Gasteiger partial charge in [0.15, 0.2) is 5.75 Å². The molecule has 1 aliphatic carbocycles. The summed E-state index contributed by atoms with van der Waals surface area (Å²) >= 11 is 10.3. The zero-order valence-corrected chi connectivity index (χ0v) is 25.3. The van der Waals surface area contributed by atoms with E-state index in [0.29, 0.717) is 48.9 Å². The highest BCUT2D eigenvalue weighted by Crippen LogP contribution is 2.44. The number of aromatic nitrogens is 2. The molecule has 1 saturated carbocycles. The van der Waals surface area contributed by atoms with E-state index in [9.17, 15) is 4.79 Å². The lowest BCUT2D eigenvalue weighted by molar-refractivity contribution is 0.0240. The summed E-state index contributed by atoms with van der Waals surface area (Å²) in [5, 5.41) is 1.44. The summed E-state index contributed by atoms with van der Waals surface area (Å²) in [6, 6.07) is 2.49. The lowest BCUT2D eigenvalue weighted by atomic mass is 10.0. The van der Waals surface area contributed by atoms with Crippen molar-refractivity contribution in [1.29, 1.82) is 0 Å². The van der Waals surface area contributed by atoms with Crippen LogP contribution in [0.1, 0.15) is 46.5 Å². The summed E-state index contributed by atoms with van der Waals surface area (Å²) in [7, 11) is 4.29. The van der Waals surface area contributed by atoms with E-state index in [4.69, 9.17) is 31.0 Å². The molecule has 9 nitrogen and oxygen atoms in total. The van der Waals surface area contributed by atoms with Gasteiger partial charge in [0.1, 0.15) is 16.9 Å². The Kier molecular flexibility index (Phi) is 7.86. The smallest absolute Gasteiger partial charge is 0.410 e. The molecule has 2 aliphatic heterocycles. The highest BCUT2D eigenvalue weighted by atomic mass is 79.9. The van der Waals surface area contributed by atoms with Crippen molar-refractivity contribution in [2.45, 2.75) is 64.2 Å². The molecule has 0 atom stereocenters. The van der Waals surface area contributed by atoms with Crippen LogP contribution in [0.15, 0.2) is 10.5 Å². The Hall–Kier alpha value is -2.04. The van der Waals surface area contributed by atoms with Gasteiger partial charge in [-0.25, -0.2) is 9.78 Å². The van der Waals surface area contributed by atoms with Gasteiger partial charge in [-0.15, -0.1) is 0 Å². The molecular formula is C27H38BrClN6O3. The van der Waals surface area contributed by atoms with Gasteiger partial charge in [0.25, 0.3) is 0 Å². The first-order valence-electron chi connectivity index (χ1n) is 13.5. The minimum atomic E-state index is -0.520. The highest BCUT2D eigenvalue weighted by Gasteiger charge is 2.32. The van der Waals surface area contributed by atoms with E-state index in [-0.39, 0.29) is 12.2 Å². The molecule has 3 heterocycles. The number of piperazine rings is 1. The standard InChI is InChI=1S/C27H38BrClN6O3/c1-27(2,3)38-26(36)35-14-12-33(13-15-35)24-19-16-20(29)21(28)23(37-18-6-7-18)22(19)30-25(31-24)34-10-8-17(9-11-34)32(4)5/h16-18H,6-15H2,1-5H3. The molecule has 1 aromatic heterocycles. The van der Waals surface area contributed by atoms with E-state index in [1.807, 2.05) is 26.8 Å². The second-order valence-electron chi connectivity index (χ2n) is 11.7. The fourth-order valence-corrected chi connectivity index (χ4v) is 5.60. The van der Waals surface area contributed by atoms with Crippen molar-refractivity contribution in [3.8, 4) is 5.75 Å². The summed E-state index contributed by atoms with van der Waals surface area (Å²) in [4.78, 5) is 31.4. The van der Waals surface area contributed by atoms with Crippen LogP contribution < -0.4 is 14.5 Å². The van der Waals surface area contributed by atoms with Gasteiger partial charge >= 0.3 is 6.09 Å². The Labute approximate surface area is 238 Å². The molecule has 2 saturated heterocycles. The van der Waals surface area contributed by atoms with Gasteiger partial charge in [-0.1, -0.05) is 11.6 Å². The van der Waals surface area contributed by atoms with Gasteiger partial charge in [-0.05, 0) is 82.5 Å². The van der Waals surface area contributed by atoms with Crippen molar-refractivity contribution in [2.24, 2.45) is 0 Å². The number of benzene rings is 1. The predicted octanol–water partition coefficient (Wildman–Crippen LogP) is 5.17. The van der Waals surface area contributed by atoms with Gasteiger partial charge in [0.05, 0.1) is 15.6 Å². The van der Waals surface area contributed by atoms with Crippen LogP contribution >= 0.6 is 27.5 Å². The molecule has 0 unspecified atom stereocenters. The first-order chi connectivity index (χ1) is 18.0. The van der Waals surface area contributed by atoms with Crippen LogP contribution in [0, 0.1) is 0 Å². The molecule has 3 fully saturated rings. The number of hydrogen-bond acceptors (Lipinski definition) is 8. The molecule has 11 heteroatoms. The van der Waals surface area contributed by atoms with E-state index >= 15 is 0 Å². The number of carbonyl (C=O) groups excluding carboxylic acids is 1. The largest absolute Gasteiger partial charge is 0.487 e. The lowest BCUT2D eigenvalue weighted by Gasteiger charge is -2.38. The zero-order valence-electron chi connectivity index (χ0n) is 23.0. The molecule has 5 rings (SSSR count). The SMILES string of the molecule is CN(C)C1CCN(c2nc(N3CCN(C(=O)OC(C)(C)C)CC3)c3cc(Cl)c(Br)c(OC4CC4)c3n2)CC1. The quantitative estimate of drug-likeness (QED) is 0.460. The molecule has 38 heavy (non-hydrogen) atoms. The van der Waals surface area contributed by atoms with Crippen molar-refractivity contribution in [3.63, 3.8) is 0 Å². The van der Waals surface area contributed by atoms with Crippen molar-refractivity contribution in [2.75, 3.05) is 63.2 Å². The zero-order chi connectivity index (χ0) is 27.2. The second kappa shape index (κ2) is 10.8. The number of carbonyl (C=O) groups is 1. The Morgan fingerprint density at radius 1 is 1.03 bits per heavy atom. The fourth-order valence-electron chi connectivity index (χ4n) is 5.01. The van der Waals surface area contributed by atoms with Crippen LogP contribution in [0.2, 0.25) is 5.02 Å². The van der Waals surface area contributed by atoms with Crippen molar-refractivity contribution >= 4 is 56.3 Å². The number of anilines is 2. The third kappa shape index (κ3) is 6.07. The van der Waals surface area contributed by atoms with E-state index in [0.717, 1.165) is 60.0 Å². The van der Waals surface area contributed by atoms with Crippen LogP contribution in [0.5, 0.6) is 5.75 Å². The summed E-state index contributed by atoms with van der Waals surface area (Å²) in [5.74, 6) is 2.24. The molecule has 0 radical (unpaired) electrons. The van der Waals surface area contributed by atoms with E-state index in [2.05, 4.69) is 44.7 Å². The van der Waals surface area contributed by atoms with Gasteiger partial charge in [-0.2, -0.15) is 4.98 Å². The topological polar surface area (TPSA) is 74.3 Å². The Morgan fingerprint density at radius 2 is 1.68 bits per heavy atom. The van der Waals surface area contributed by atoms with E-state index < -0.39 is 5.60 Å². The first kappa shape index (κ1) is 27.5. The summed E-state index contributed by atoms with van der Waals surface area (Å²) in [6.07, 6.45) is 4.12. The average Bonchev–Trinajstić information content (AvgIpc) is 3.70. The van der Waals surface area contributed by atoms with E-state index in [1.165, 1.54) is 0 Å². The van der Waals surface area contributed by atoms with Crippen LogP contribution in [-0.4, -0.2) is 97.0 Å². The molecule has 0 spiro atoms. The molecule has 0 bridgehead atoms. The Bertz CT molecular complexity index is 1190. The van der Waals surface area contributed by atoms with Crippen LogP contribution in [0.25, 0.3) is 10.9 Å². The van der Waals surface area contributed by atoms with Crippen LogP contribution in [-0.2, 0) is 4.74 Å². The number of hydrogen-bond donors (Lipinski definition) is 0. The second-order valence-corrected chi connectivity index (χ2v) is 12.9. The molecule has 208 valence electrons. The van der Waals surface area contributed by atoms with Gasteiger partial charge in [-0.3, -0.25) is 0 Å². The maximum Gasteiger partial charge on any atom is 0.410 e. The molecule has 1 aromatic carbocycles. The summed E-state index contributed by atoms with van der Waals surface area (Å²) in [6.45, 7) is 9.85. The molecular weight excluding hydrogens is 572 g/mol. The minimum absolute atomic E-state index is 0.197. The number of piperidine rings is 1. The highest BCUT2D eigenvalue weighted by molar-refractivity contribution is 9.10. The third-order valence-corrected chi connectivity index (χ3v) is 8.64. The normalized spacial score (nSPS) is 19.4. The number of rotatable bonds is 5. The monoisotopic (exact) mass is 608 g/mol. The number of ether oxygens (including phenoxy) is 2. The van der Waals surface area contributed by atoms with Crippen LogP contribution in [0.4, 0.5) is 16.6 Å². The Morgan fingerprint density at radius 3 is 2.26 bits per heavy atom. The summed E-state index contributed by atoms with van der Waals surface area (Å²) < 4.78 is 12.7.